The van der Waals surface area contributed by atoms with Crippen LogP contribution in [0.1, 0.15) is 38.7 Å². The van der Waals surface area contributed by atoms with Crippen LogP contribution in [-0.4, -0.2) is 5.54 Å². The van der Waals surface area contributed by atoms with Gasteiger partial charge in [-0.2, -0.15) is 0 Å². The van der Waals surface area contributed by atoms with E-state index in [-0.39, 0.29) is 5.54 Å². The third-order valence-corrected chi connectivity index (χ3v) is 2.70. The Balaban J connectivity index is 2.23. The molecule has 0 aliphatic rings. The summed E-state index contributed by atoms with van der Waals surface area (Å²) in [5.41, 5.74) is 7.25. The summed E-state index contributed by atoms with van der Waals surface area (Å²) in [6, 6.07) is 8.08. The van der Waals surface area contributed by atoms with Crippen molar-refractivity contribution in [2.24, 2.45) is 5.73 Å². The Morgan fingerprint density at radius 2 is 1.73 bits per heavy atom. The monoisotopic (exact) mass is 225 g/mol. The van der Waals surface area contributed by atoms with Gasteiger partial charge in [0.15, 0.2) is 0 Å². The van der Waals surface area contributed by atoms with Gasteiger partial charge in [0.25, 0.3) is 0 Å². The lowest BCUT2D eigenvalue weighted by Gasteiger charge is -2.17. The summed E-state index contributed by atoms with van der Waals surface area (Å²) < 4.78 is 0. The van der Waals surface area contributed by atoms with Crippen LogP contribution in [0.3, 0.4) is 0 Å². The van der Waals surface area contributed by atoms with Crippen molar-refractivity contribution in [2.75, 3.05) is 0 Å². The quantitative estimate of drug-likeness (QED) is 0.759. The van der Waals surface area contributed by atoms with Gasteiger partial charge in [-0.25, -0.2) is 0 Å². The molecule has 84 valence electrons. The zero-order valence-corrected chi connectivity index (χ0v) is 10.3. The molecule has 2 N–H and O–H groups in total. The van der Waals surface area contributed by atoms with Gasteiger partial charge in [-0.3, -0.25) is 0 Å². The van der Waals surface area contributed by atoms with Gasteiger partial charge in [-0.15, -0.1) is 0 Å². The molecule has 0 aliphatic carbocycles. The highest BCUT2D eigenvalue weighted by molar-refractivity contribution is 6.30. The summed E-state index contributed by atoms with van der Waals surface area (Å²) in [6.45, 7) is 4.16. The van der Waals surface area contributed by atoms with Gasteiger partial charge in [-0.05, 0) is 50.8 Å². The van der Waals surface area contributed by atoms with E-state index in [2.05, 4.69) is 26.0 Å². The number of aryl methyl sites for hydroxylation is 1. The Morgan fingerprint density at radius 1 is 1.13 bits per heavy atom. The maximum atomic E-state index is 5.92. The first-order chi connectivity index (χ1) is 6.97. The summed E-state index contributed by atoms with van der Waals surface area (Å²) in [7, 11) is 0. The number of nitrogens with two attached hydrogens (primary N) is 1. The molecule has 1 rings (SSSR count). The number of hydrogen-bond acceptors (Lipinski definition) is 1. The van der Waals surface area contributed by atoms with Crippen LogP contribution >= 0.6 is 11.6 Å². The molecule has 1 aromatic carbocycles. The molecular formula is C13H20ClN. The van der Waals surface area contributed by atoms with Crippen molar-refractivity contribution in [1.29, 1.82) is 0 Å². The van der Waals surface area contributed by atoms with Crippen LogP contribution < -0.4 is 5.73 Å². The molecule has 0 amide bonds. The molecule has 0 aliphatic heterocycles. The van der Waals surface area contributed by atoms with Crippen LogP contribution in [0.4, 0.5) is 0 Å². The third-order valence-electron chi connectivity index (χ3n) is 2.45. The highest BCUT2D eigenvalue weighted by Crippen LogP contribution is 2.14. The van der Waals surface area contributed by atoms with E-state index in [4.69, 9.17) is 17.3 Å². The second-order valence-corrected chi connectivity index (χ2v) is 5.26. The van der Waals surface area contributed by atoms with Crippen LogP contribution in [-0.2, 0) is 6.42 Å². The van der Waals surface area contributed by atoms with Gasteiger partial charge in [0.2, 0.25) is 0 Å². The first-order valence-electron chi connectivity index (χ1n) is 5.51. The van der Waals surface area contributed by atoms with E-state index in [9.17, 15) is 0 Å². The molecule has 0 radical (unpaired) electrons. The molecule has 0 atom stereocenters. The van der Waals surface area contributed by atoms with E-state index in [1.165, 1.54) is 18.4 Å². The second-order valence-electron chi connectivity index (χ2n) is 4.82. The largest absolute Gasteiger partial charge is 0.326 e. The van der Waals surface area contributed by atoms with Gasteiger partial charge < -0.3 is 5.73 Å². The fourth-order valence-corrected chi connectivity index (χ4v) is 1.69. The summed E-state index contributed by atoms with van der Waals surface area (Å²) in [4.78, 5) is 0. The van der Waals surface area contributed by atoms with Crippen molar-refractivity contribution in [3.63, 3.8) is 0 Å². The standard InChI is InChI=1S/C13H20ClN/c1-13(2,15)10-4-3-5-11-6-8-12(14)9-7-11/h6-9H,3-5,10,15H2,1-2H3. The Morgan fingerprint density at radius 3 is 2.27 bits per heavy atom. The molecule has 0 unspecified atom stereocenters. The lowest BCUT2D eigenvalue weighted by molar-refractivity contribution is 0.450. The van der Waals surface area contributed by atoms with Gasteiger partial charge in [0, 0.05) is 10.6 Å². The summed E-state index contributed by atoms with van der Waals surface area (Å²) in [5.74, 6) is 0. The Hall–Kier alpha value is -0.530. The lowest BCUT2D eigenvalue weighted by atomic mass is 9.97. The zero-order chi connectivity index (χ0) is 11.3. The fraction of sp³-hybridized carbons (Fsp3) is 0.538. The predicted molar refractivity (Wildman–Crippen MR) is 67.3 cm³/mol. The highest BCUT2D eigenvalue weighted by Gasteiger charge is 2.08. The number of rotatable bonds is 5. The van der Waals surface area contributed by atoms with E-state index in [1.807, 2.05) is 12.1 Å². The Kier molecular flexibility index (Phi) is 4.62. The average molecular weight is 226 g/mol. The molecule has 2 heteroatoms. The lowest BCUT2D eigenvalue weighted by Crippen LogP contribution is -2.31. The summed E-state index contributed by atoms with van der Waals surface area (Å²) in [6.07, 6.45) is 4.59. The maximum absolute atomic E-state index is 5.92. The second kappa shape index (κ2) is 5.53. The molecule has 0 saturated heterocycles. The SMILES string of the molecule is CC(C)(N)CCCCc1ccc(Cl)cc1. The predicted octanol–water partition coefficient (Wildman–Crippen LogP) is 3.79. The molecule has 0 saturated carbocycles. The van der Waals surface area contributed by atoms with E-state index in [0.717, 1.165) is 17.9 Å². The highest BCUT2D eigenvalue weighted by atomic mass is 35.5. The zero-order valence-electron chi connectivity index (χ0n) is 9.59. The fourth-order valence-electron chi connectivity index (χ4n) is 1.56. The van der Waals surface area contributed by atoms with Gasteiger partial charge in [0.1, 0.15) is 0 Å². The summed E-state index contributed by atoms with van der Waals surface area (Å²) in [5, 5.41) is 0.807. The van der Waals surface area contributed by atoms with E-state index in [1.54, 1.807) is 0 Å². The number of halogens is 1. The smallest absolute Gasteiger partial charge is 0.0406 e. The van der Waals surface area contributed by atoms with Crippen molar-refractivity contribution in [1.82, 2.24) is 0 Å². The molecule has 0 fully saturated rings. The van der Waals surface area contributed by atoms with Gasteiger partial charge in [0.05, 0.1) is 0 Å². The minimum atomic E-state index is -0.0278. The molecule has 0 bridgehead atoms. The molecule has 0 spiro atoms. The molecule has 1 nitrogen and oxygen atoms in total. The minimum Gasteiger partial charge on any atom is -0.326 e. The van der Waals surface area contributed by atoms with Crippen molar-refractivity contribution >= 4 is 11.6 Å². The van der Waals surface area contributed by atoms with Crippen LogP contribution in [0.2, 0.25) is 5.02 Å². The van der Waals surface area contributed by atoms with Crippen molar-refractivity contribution in [3.05, 3.63) is 34.9 Å². The Labute approximate surface area is 97.6 Å². The molecule has 0 heterocycles. The topological polar surface area (TPSA) is 26.0 Å². The average Bonchev–Trinajstić information content (AvgIpc) is 2.14. The van der Waals surface area contributed by atoms with E-state index >= 15 is 0 Å². The molecule has 0 aromatic heterocycles. The van der Waals surface area contributed by atoms with E-state index < -0.39 is 0 Å². The van der Waals surface area contributed by atoms with E-state index in [0.29, 0.717) is 0 Å². The molecule has 1 aromatic rings. The van der Waals surface area contributed by atoms with Gasteiger partial charge in [-0.1, -0.05) is 30.2 Å². The number of unbranched alkanes of at least 4 members (excludes halogenated alkanes) is 1. The molecular weight excluding hydrogens is 206 g/mol. The minimum absolute atomic E-state index is 0.0278. The van der Waals surface area contributed by atoms with Crippen molar-refractivity contribution in [3.8, 4) is 0 Å². The van der Waals surface area contributed by atoms with Crippen LogP contribution in [0.5, 0.6) is 0 Å². The number of hydrogen-bond donors (Lipinski definition) is 1. The molecule has 15 heavy (non-hydrogen) atoms. The summed E-state index contributed by atoms with van der Waals surface area (Å²) >= 11 is 5.82. The first-order valence-corrected chi connectivity index (χ1v) is 5.88. The van der Waals surface area contributed by atoms with Crippen molar-refractivity contribution < 1.29 is 0 Å². The van der Waals surface area contributed by atoms with Gasteiger partial charge >= 0.3 is 0 Å². The maximum Gasteiger partial charge on any atom is 0.0406 e. The Bertz CT molecular complexity index is 284. The van der Waals surface area contributed by atoms with Crippen LogP contribution in [0.25, 0.3) is 0 Å². The van der Waals surface area contributed by atoms with Crippen LogP contribution in [0, 0.1) is 0 Å². The number of benzene rings is 1. The van der Waals surface area contributed by atoms with Crippen LogP contribution in [0.15, 0.2) is 24.3 Å². The third kappa shape index (κ3) is 5.81. The normalized spacial score (nSPS) is 11.7. The van der Waals surface area contributed by atoms with Crippen molar-refractivity contribution in [2.45, 2.75) is 45.1 Å². The first kappa shape index (κ1) is 12.5.